The number of rotatable bonds is 6. The summed E-state index contributed by atoms with van der Waals surface area (Å²) in [4.78, 5) is 25.4. The van der Waals surface area contributed by atoms with Gasteiger partial charge in [-0.15, -0.1) is 0 Å². The van der Waals surface area contributed by atoms with Crippen molar-refractivity contribution >= 4 is 11.9 Å². The lowest BCUT2D eigenvalue weighted by Gasteiger charge is -2.20. The summed E-state index contributed by atoms with van der Waals surface area (Å²) in [6.07, 6.45) is 12.1. The normalized spacial score (nSPS) is 19.4. The summed E-state index contributed by atoms with van der Waals surface area (Å²) in [5.74, 6) is 0.226. The number of carbonyl (C=O) groups is 2. The number of allylic oxidation sites excluding steroid dienone is 1. The van der Waals surface area contributed by atoms with Crippen LogP contribution in [0.1, 0.15) is 57.8 Å². The van der Waals surface area contributed by atoms with Crippen molar-refractivity contribution in [3.05, 3.63) is 11.6 Å². The second-order valence-electron chi connectivity index (χ2n) is 6.23. The van der Waals surface area contributed by atoms with Gasteiger partial charge in [-0.2, -0.15) is 0 Å². The summed E-state index contributed by atoms with van der Waals surface area (Å²) in [6.45, 7) is 2.67. The van der Waals surface area contributed by atoms with E-state index in [9.17, 15) is 9.59 Å². The first-order valence-electron chi connectivity index (χ1n) is 8.73. The molecule has 1 fully saturated rings. The van der Waals surface area contributed by atoms with Crippen LogP contribution in [0.15, 0.2) is 11.6 Å². The summed E-state index contributed by atoms with van der Waals surface area (Å²) in [5.41, 5.74) is 1.47. The van der Waals surface area contributed by atoms with Crippen molar-refractivity contribution in [2.45, 2.75) is 57.8 Å². The maximum Gasteiger partial charge on any atom is 0.314 e. The van der Waals surface area contributed by atoms with Crippen LogP contribution in [0.4, 0.5) is 4.79 Å². The first-order chi connectivity index (χ1) is 10.8. The van der Waals surface area contributed by atoms with Gasteiger partial charge in [0.05, 0.1) is 0 Å². The molecule has 3 amide bonds. The Morgan fingerprint density at radius 3 is 2.68 bits per heavy atom. The number of carbonyl (C=O) groups excluding carboxylic acids is 2. The number of hydrogen-bond acceptors (Lipinski definition) is 2. The van der Waals surface area contributed by atoms with Crippen LogP contribution in [0.5, 0.6) is 0 Å². The molecule has 124 valence electrons. The zero-order valence-corrected chi connectivity index (χ0v) is 13.5. The zero-order valence-electron chi connectivity index (χ0n) is 13.5. The van der Waals surface area contributed by atoms with Gasteiger partial charge in [-0.25, -0.2) is 4.79 Å². The quantitative estimate of drug-likeness (QED) is 0.741. The lowest BCUT2D eigenvalue weighted by molar-refractivity contribution is -0.130. The van der Waals surface area contributed by atoms with E-state index in [1.807, 2.05) is 4.90 Å². The van der Waals surface area contributed by atoms with Gasteiger partial charge >= 0.3 is 6.03 Å². The molecule has 2 rings (SSSR count). The summed E-state index contributed by atoms with van der Waals surface area (Å²) in [7, 11) is 0. The maximum absolute atomic E-state index is 11.8. The highest BCUT2D eigenvalue weighted by Crippen LogP contribution is 2.19. The lowest BCUT2D eigenvalue weighted by Crippen LogP contribution is -2.42. The van der Waals surface area contributed by atoms with Crippen LogP contribution in [0.2, 0.25) is 0 Å². The zero-order chi connectivity index (χ0) is 15.6. The molecule has 0 aromatic carbocycles. The molecule has 2 aliphatic rings. The Morgan fingerprint density at radius 1 is 1.05 bits per heavy atom. The average molecular weight is 307 g/mol. The Kier molecular flexibility index (Phi) is 7.26. The second kappa shape index (κ2) is 9.49. The number of likely N-dealkylation sites (tertiary alicyclic amines) is 1. The third kappa shape index (κ3) is 6.08. The molecule has 0 atom stereocenters. The molecule has 5 nitrogen and oxygen atoms in total. The molecule has 0 aromatic heterocycles. The van der Waals surface area contributed by atoms with E-state index in [-0.39, 0.29) is 11.9 Å². The van der Waals surface area contributed by atoms with Crippen molar-refractivity contribution in [3.8, 4) is 0 Å². The number of nitrogens with zero attached hydrogens (tertiary/aromatic N) is 1. The van der Waals surface area contributed by atoms with Crippen molar-refractivity contribution in [2.75, 3.05) is 26.2 Å². The first kappa shape index (κ1) is 16.8. The maximum atomic E-state index is 11.8. The van der Waals surface area contributed by atoms with Crippen LogP contribution in [0.3, 0.4) is 0 Å². The van der Waals surface area contributed by atoms with Gasteiger partial charge in [-0.05, 0) is 44.9 Å². The van der Waals surface area contributed by atoms with E-state index in [4.69, 9.17) is 0 Å². The van der Waals surface area contributed by atoms with Crippen molar-refractivity contribution in [2.24, 2.45) is 0 Å². The van der Waals surface area contributed by atoms with Crippen LogP contribution in [0.25, 0.3) is 0 Å². The molecule has 5 heteroatoms. The molecule has 1 aliphatic carbocycles. The van der Waals surface area contributed by atoms with Gasteiger partial charge in [0, 0.05) is 32.6 Å². The Morgan fingerprint density at radius 2 is 1.86 bits per heavy atom. The topological polar surface area (TPSA) is 61.4 Å². The van der Waals surface area contributed by atoms with Crippen molar-refractivity contribution in [3.63, 3.8) is 0 Å². The molecular formula is C17H29N3O2. The standard InChI is InChI=1S/C17H29N3O2/c21-16-9-5-2-6-13-20(16)14-12-19-17(22)18-11-10-15-7-3-1-4-8-15/h7H,1-6,8-14H2,(H2,18,19,22). The highest BCUT2D eigenvalue weighted by molar-refractivity contribution is 5.76. The number of nitrogens with one attached hydrogen (secondary N) is 2. The largest absolute Gasteiger partial charge is 0.341 e. The molecule has 0 aromatic rings. The minimum Gasteiger partial charge on any atom is -0.341 e. The van der Waals surface area contributed by atoms with Crippen LogP contribution in [-0.4, -0.2) is 43.0 Å². The smallest absolute Gasteiger partial charge is 0.314 e. The monoisotopic (exact) mass is 307 g/mol. The van der Waals surface area contributed by atoms with Crippen LogP contribution >= 0.6 is 0 Å². The Bertz CT molecular complexity index is 407. The van der Waals surface area contributed by atoms with E-state index in [0.717, 1.165) is 32.2 Å². The van der Waals surface area contributed by atoms with E-state index in [2.05, 4.69) is 16.7 Å². The van der Waals surface area contributed by atoms with Crippen LogP contribution in [0, 0.1) is 0 Å². The molecule has 1 heterocycles. The second-order valence-corrected chi connectivity index (χ2v) is 6.23. The third-order valence-electron chi connectivity index (χ3n) is 4.46. The predicted molar refractivity (Wildman–Crippen MR) is 87.6 cm³/mol. The van der Waals surface area contributed by atoms with Gasteiger partial charge in [0.1, 0.15) is 0 Å². The van der Waals surface area contributed by atoms with Crippen molar-refractivity contribution in [1.29, 1.82) is 0 Å². The summed E-state index contributed by atoms with van der Waals surface area (Å²) in [6, 6.07) is -0.126. The van der Waals surface area contributed by atoms with E-state index < -0.39 is 0 Å². The minimum absolute atomic E-state index is 0.126. The number of hydrogen-bond donors (Lipinski definition) is 2. The Hall–Kier alpha value is -1.52. The molecule has 2 N–H and O–H groups in total. The SMILES string of the molecule is O=C(NCCC1=CCCCC1)NCCN1CCCCCC1=O. The molecule has 0 spiro atoms. The van der Waals surface area contributed by atoms with Crippen molar-refractivity contribution in [1.82, 2.24) is 15.5 Å². The van der Waals surface area contributed by atoms with Crippen molar-refractivity contribution < 1.29 is 9.59 Å². The molecule has 0 saturated carbocycles. The van der Waals surface area contributed by atoms with Gasteiger partial charge in [0.15, 0.2) is 0 Å². The molecule has 22 heavy (non-hydrogen) atoms. The average Bonchev–Trinajstić information content (AvgIpc) is 2.73. The van der Waals surface area contributed by atoms with Gasteiger partial charge in [0.25, 0.3) is 0 Å². The third-order valence-corrected chi connectivity index (χ3v) is 4.46. The molecule has 0 bridgehead atoms. The fourth-order valence-electron chi connectivity index (χ4n) is 3.11. The minimum atomic E-state index is -0.126. The Labute approximate surface area is 133 Å². The molecule has 1 aliphatic heterocycles. The Balaban J connectivity index is 1.55. The highest BCUT2D eigenvalue weighted by Gasteiger charge is 2.16. The van der Waals surface area contributed by atoms with E-state index >= 15 is 0 Å². The van der Waals surface area contributed by atoms with E-state index in [0.29, 0.717) is 26.1 Å². The lowest BCUT2D eigenvalue weighted by atomic mass is 9.97. The molecule has 1 saturated heterocycles. The summed E-state index contributed by atoms with van der Waals surface area (Å²) in [5, 5.41) is 5.74. The van der Waals surface area contributed by atoms with E-state index in [1.54, 1.807) is 0 Å². The molecular weight excluding hydrogens is 278 g/mol. The van der Waals surface area contributed by atoms with Crippen LogP contribution in [-0.2, 0) is 4.79 Å². The molecule has 0 unspecified atom stereocenters. The van der Waals surface area contributed by atoms with Crippen LogP contribution < -0.4 is 10.6 Å². The van der Waals surface area contributed by atoms with Gasteiger partial charge < -0.3 is 15.5 Å². The first-order valence-corrected chi connectivity index (χ1v) is 8.73. The number of amides is 3. The van der Waals surface area contributed by atoms with E-state index in [1.165, 1.54) is 31.3 Å². The fourth-order valence-corrected chi connectivity index (χ4v) is 3.11. The number of urea groups is 1. The van der Waals surface area contributed by atoms with Gasteiger partial charge in [0.2, 0.25) is 5.91 Å². The van der Waals surface area contributed by atoms with Gasteiger partial charge in [-0.1, -0.05) is 18.1 Å². The summed E-state index contributed by atoms with van der Waals surface area (Å²) >= 11 is 0. The highest BCUT2D eigenvalue weighted by atomic mass is 16.2. The predicted octanol–water partition coefficient (Wildman–Crippen LogP) is 2.58. The fraction of sp³-hybridized carbons (Fsp3) is 0.765. The summed E-state index contributed by atoms with van der Waals surface area (Å²) < 4.78 is 0. The van der Waals surface area contributed by atoms with Gasteiger partial charge in [-0.3, -0.25) is 4.79 Å². The molecule has 0 radical (unpaired) electrons.